The van der Waals surface area contributed by atoms with Crippen molar-refractivity contribution in [3.05, 3.63) is 29.8 Å². The first kappa shape index (κ1) is 12.5. The van der Waals surface area contributed by atoms with Gasteiger partial charge in [-0.3, -0.25) is 0 Å². The highest BCUT2D eigenvalue weighted by atomic mass is 79.9. The van der Waals surface area contributed by atoms with E-state index in [2.05, 4.69) is 46.5 Å². The number of benzene rings is 1. The lowest BCUT2D eigenvalue weighted by Crippen LogP contribution is -1.75. The summed E-state index contributed by atoms with van der Waals surface area (Å²) in [5, 5.41) is 8.27. The maximum Gasteiger partial charge on any atom is 0.0587 e. The number of halogens is 1. The van der Waals surface area contributed by atoms with Crippen LogP contribution >= 0.6 is 27.7 Å². The molecule has 13 heavy (non-hydrogen) atoms. The van der Waals surface area contributed by atoms with Crippen LogP contribution in [0.25, 0.3) is 0 Å². The molecular formula is C10H12BrNS. The Kier molecular flexibility index (Phi) is 7.86. The van der Waals surface area contributed by atoms with Crippen LogP contribution in [-0.4, -0.2) is 6.26 Å². The monoisotopic (exact) mass is 257 g/mol. The average Bonchev–Trinajstić information content (AvgIpc) is 2.19. The highest BCUT2D eigenvalue weighted by molar-refractivity contribution is 9.08. The van der Waals surface area contributed by atoms with E-state index in [-0.39, 0.29) is 0 Å². The molecule has 1 aromatic rings. The SMILES string of the molecule is CC#N.CSc1ccc(CBr)cc1. The summed E-state index contributed by atoms with van der Waals surface area (Å²) in [7, 11) is 0. The summed E-state index contributed by atoms with van der Waals surface area (Å²) >= 11 is 5.17. The van der Waals surface area contributed by atoms with Crippen molar-refractivity contribution in [3.63, 3.8) is 0 Å². The number of nitrogens with zero attached hydrogens (tertiary/aromatic N) is 1. The molecule has 70 valence electrons. The van der Waals surface area contributed by atoms with Crippen molar-refractivity contribution in [1.82, 2.24) is 0 Å². The second-order valence-corrected chi connectivity index (χ2v) is 3.65. The molecule has 0 radical (unpaired) electrons. The fourth-order valence-corrected chi connectivity index (χ4v) is 1.50. The highest BCUT2D eigenvalue weighted by Gasteiger charge is 1.89. The molecule has 0 saturated heterocycles. The minimum Gasteiger partial charge on any atom is -0.199 e. The van der Waals surface area contributed by atoms with Crippen LogP contribution in [0.15, 0.2) is 29.2 Å². The molecule has 0 heterocycles. The predicted octanol–water partition coefficient (Wildman–Crippen LogP) is 3.83. The summed E-state index contributed by atoms with van der Waals surface area (Å²) < 4.78 is 0. The van der Waals surface area contributed by atoms with E-state index >= 15 is 0 Å². The van der Waals surface area contributed by atoms with E-state index in [0.717, 1.165) is 5.33 Å². The van der Waals surface area contributed by atoms with E-state index in [0.29, 0.717) is 0 Å². The van der Waals surface area contributed by atoms with Crippen molar-refractivity contribution < 1.29 is 0 Å². The Hall–Kier alpha value is -0.460. The summed E-state index contributed by atoms with van der Waals surface area (Å²) in [5.41, 5.74) is 1.33. The van der Waals surface area contributed by atoms with Crippen LogP contribution in [0.2, 0.25) is 0 Å². The van der Waals surface area contributed by atoms with Gasteiger partial charge in [-0.2, -0.15) is 5.26 Å². The van der Waals surface area contributed by atoms with Gasteiger partial charge in [-0.1, -0.05) is 28.1 Å². The molecule has 0 amide bonds. The van der Waals surface area contributed by atoms with E-state index in [9.17, 15) is 0 Å². The molecule has 1 aromatic carbocycles. The lowest BCUT2D eigenvalue weighted by atomic mass is 10.2. The minimum absolute atomic E-state index is 0.946. The van der Waals surface area contributed by atoms with Gasteiger partial charge in [0.05, 0.1) is 6.07 Å². The van der Waals surface area contributed by atoms with Gasteiger partial charge in [0.1, 0.15) is 0 Å². The lowest BCUT2D eigenvalue weighted by molar-refractivity contribution is 1.36. The van der Waals surface area contributed by atoms with E-state index in [1.165, 1.54) is 17.4 Å². The summed E-state index contributed by atoms with van der Waals surface area (Å²) in [6, 6.07) is 10.3. The molecule has 0 unspecified atom stereocenters. The third kappa shape index (κ3) is 5.73. The van der Waals surface area contributed by atoms with Crippen molar-refractivity contribution >= 4 is 27.7 Å². The summed E-state index contributed by atoms with van der Waals surface area (Å²) in [6.45, 7) is 1.43. The fraction of sp³-hybridized carbons (Fsp3) is 0.300. The van der Waals surface area contributed by atoms with E-state index in [1.54, 1.807) is 17.8 Å². The molecule has 1 nitrogen and oxygen atoms in total. The van der Waals surface area contributed by atoms with E-state index < -0.39 is 0 Å². The third-order valence-corrected chi connectivity index (χ3v) is 2.70. The first-order valence-corrected chi connectivity index (χ1v) is 6.12. The van der Waals surface area contributed by atoms with Gasteiger partial charge in [-0.15, -0.1) is 11.8 Å². The summed E-state index contributed by atoms with van der Waals surface area (Å²) in [5.74, 6) is 0. The second kappa shape index (κ2) is 8.15. The largest absolute Gasteiger partial charge is 0.199 e. The highest BCUT2D eigenvalue weighted by Crippen LogP contribution is 2.15. The first-order chi connectivity index (χ1) is 6.28. The fourth-order valence-electron chi connectivity index (χ4n) is 0.715. The Bertz CT molecular complexity index is 240. The number of hydrogen-bond donors (Lipinski definition) is 0. The van der Waals surface area contributed by atoms with Crippen molar-refractivity contribution in [1.29, 1.82) is 5.26 Å². The Balaban J connectivity index is 0.000000424. The van der Waals surface area contributed by atoms with Gasteiger partial charge < -0.3 is 0 Å². The molecule has 0 aliphatic carbocycles. The summed E-state index contributed by atoms with van der Waals surface area (Å²) in [6.07, 6.45) is 2.09. The van der Waals surface area contributed by atoms with Crippen molar-refractivity contribution in [2.24, 2.45) is 0 Å². The van der Waals surface area contributed by atoms with Gasteiger partial charge in [0.2, 0.25) is 0 Å². The normalized spacial score (nSPS) is 8.15. The van der Waals surface area contributed by atoms with Crippen LogP contribution in [0.5, 0.6) is 0 Å². The van der Waals surface area contributed by atoms with Crippen molar-refractivity contribution in [2.45, 2.75) is 17.1 Å². The standard InChI is InChI=1S/C8H9BrS.C2H3N/c1-10-8-4-2-7(6-9)3-5-8;1-2-3/h2-5H,6H2,1H3;1H3. The van der Waals surface area contributed by atoms with Crippen molar-refractivity contribution in [3.8, 4) is 6.07 Å². The molecule has 3 heteroatoms. The quantitative estimate of drug-likeness (QED) is 0.594. The van der Waals surface area contributed by atoms with Gasteiger partial charge >= 0.3 is 0 Å². The van der Waals surface area contributed by atoms with Crippen LogP contribution < -0.4 is 0 Å². The smallest absolute Gasteiger partial charge is 0.0587 e. The maximum atomic E-state index is 7.32. The van der Waals surface area contributed by atoms with Crippen LogP contribution in [0.1, 0.15) is 12.5 Å². The molecule has 1 rings (SSSR count). The molecule has 0 aliphatic rings. The van der Waals surface area contributed by atoms with Gasteiger partial charge in [0.15, 0.2) is 0 Å². The van der Waals surface area contributed by atoms with Gasteiger partial charge in [0.25, 0.3) is 0 Å². The first-order valence-electron chi connectivity index (χ1n) is 3.78. The topological polar surface area (TPSA) is 23.8 Å². The molecular weight excluding hydrogens is 246 g/mol. The van der Waals surface area contributed by atoms with E-state index in [4.69, 9.17) is 5.26 Å². The minimum atomic E-state index is 0.946. The van der Waals surface area contributed by atoms with Crippen LogP contribution in [0.4, 0.5) is 0 Å². The number of thioether (sulfide) groups is 1. The third-order valence-electron chi connectivity index (χ3n) is 1.31. The Labute approximate surface area is 92.3 Å². The second-order valence-electron chi connectivity index (χ2n) is 2.21. The zero-order chi connectivity index (χ0) is 10.1. The molecule has 0 saturated carbocycles. The molecule has 0 aromatic heterocycles. The number of hydrogen-bond acceptors (Lipinski definition) is 2. The van der Waals surface area contributed by atoms with Gasteiger partial charge in [-0.05, 0) is 24.0 Å². The molecule has 0 aliphatic heterocycles. The van der Waals surface area contributed by atoms with Crippen molar-refractivity contribution in [2.75, 3.05) is 6.26 Å². The maximum absolute atomic E-state index is 7.32. The Morgan fingerprint density at radius 1 is 1.38 bits per heavy atom. The van der Waals surface area contributed by atoms with Gasteiger partial charge in [-0.25, -0.2) is 0 Å². The van der Waals surface area contributed by atoms with Crippen LogP contribution in [0.3, 0.4) is 0 Å². The van der Waals surface area contributed by atoms with Crippen LogP contribution in [0, 0.1) is 11.3 Å². The zero-order valence-corrected chi connectivity index (χ0v) is 10.2. The molecule has 0 bridgehead atoms. The van der Waals surface area contributed by atoms with Gasteiger partial charge in [0, 0.05) is 17.1 Å². The Morgan fingerprint density at radius 2 is 1.85 bits per heavy atom. The molecule has 0 fully saturated rings. The number of alkyl halides is 1. The molecule has 0 atom stereocenters. The number of nitriles is 1. The lowest BCUT2D eigenvalue weighted by Gasteiger charge is -1.96. The zero-order valence-electron chi connectivity index (χ0n) is 7.75. The predicted molar refractivity (Wildman–Crippen MR) is 62.1 cm³/mol. The molecule has 0 spiro atoms. The number of rotatable bonds is 2. The average molecular weight is 258 g/mol. The van der Waals surface area contributed by atoms with E-state index in [1.807, 2.05) is 0 Å². The Morgan fingerprint density at radius 3 is 2.15 bits per heavy atom. The molecule has 0 N–H and O–H groups in total. The van der Waals surface area contributed by atoms with Crippen LogP contribution in [-0.2, 0) is 5.33 Å². The summed E-state index contributed by atoms with van der Waals surface area (Å²) in [4.78, 5) is 1.32.